The number of fused-ring (bicyclic) bond motifs is 1. The Kier molecular flexibility index (Phi) is 7.21. The van der Waals surface area contributed by atoms with Gasteiger partial charge in [0.2, 0.25) is 0 Å². The highest BCUT2D eigenvalue weighted by Gasteiger charge is 2.47. The molecule has 6 rings (SSSR count). The first-order valence-corrected chi connectivity index (χ1v) is 13.8. The Morgan fingerprint density at radius 3 is 2.07 bits per heavy atom. The van der Waals surface area contributed by atoms with Crippen molar-refractivity contribution in [1.29, 1.82) is 0 Å². The second-order valence-corrected chi connectivity index (χ2v) is 10.6. The van der Waals surface area contributed by atoms with Gasteiger partial charge in [-0.15, -0.1) is 0 Å². The van der Waals surface area contributed by atoms with E-state index < -0.39 is 11.1 Å². The third-order valence-corrected chi connectivity index (χ3v) is 8.43. The zero-order chi connectivity index (χ0) is 28.5. The fourth-order valence-corrected chi connectivity index (χ4v) is 6.01. The van der Waals surface area contributed by atoms with Crippen LogP contribution in [0.3, 0.4) is 0 Å². The van der Waals surface area contributed by atoms with Crippen molar-refractivity contribution in [2.45, 2.75) is 30.6 Å². The van der Waals surface area contributed by atoms with E-state index >= 15 is 0 Å². The molecule has 210 valence electrons. The first kappa shape index (κ1) is 27.0. The Morgan fingerprint density at radius 1 is 0.902 bits per heavy atom. The molecule has 2 atom stereocenters. The zero-order valence-corrected chi connectivity index (χ0v) is 23.1. The summed E-state index contributed by atoms with van der Waals surface area (Å²) in [5.74, 6) is 1.40. The Bertz CT molecular complexity index is 1560. The molecule has 1 aliphatic heterocycles. The maximum absolute atomic E-state index is 10.0. The molecule has 1 saturated heterocycles. The Balaban J connectivity index is 1.50. The van der Waals surface area contributed by atoms with Crippen LogP contribution in [0, 0.1) is 5.92 Å². The predicted octanol–water partition coefficient (Wildman–Crippen LogP) is 4.96. The van der Waals surface area contributed by atoms with Crippen LogP contribution in [-0.4, -0.2) is 50.7 Å². The molecule has 8 nitrogen and oxygen atoms in total. The lowest BCUT2D eigenvalue weighted by Crippen LogP contribution is -2.42. The van der Waals surface area contributed by atoms with E-state index in [-0.39, 0.29) is 25.2 Å². The normalized spacial score (nSPS) is 18.4. The summed E-state index contributed by atoms with van der Waals surface area (Å²) in [4.78, 5) is 4.73. The number of nitrogens with one attached hydrogen (secondary N) is 1. The van der Waals surface area contributed by atoms with Gasteiger partial charge in [0.1, 0.15) is 34.8 Å². The Morgan fingerprint density at radius 2 is 1.51 bits per heavy atom. The summed E-state index contributed by atoms with van der Waals surface area (Å²) in [5.41, 5.74) is 2.96. The quantitative estimate of drug-likeness (QED) is 0.223. The maximum Gasteiger partial charge on any atom is 0.155 e. The smallest absolute Gasteiger partial charge is 0.155 e. The number of methoxy groups -OCH3 is 1. The predicted molar refractivity (Wildman–Crippen MR) is 157 cm³/mol. The van der Waals surface area contributed by atoms with Crippen LogP contribution in [0.25, 0.3) is 5.52 Å². The number of nitrogens with zero attached hydrogens (tertiary/aromatic N) is 3. The van der Waals surface area contributed by atoms with Gasteiger partial charge in [0.05, 0.1) is 26.0 Å². The summed E-state index contributed by atoms with van der Waals surface area (Å²) in [6.07, 6.45) is 1.87. The Labute approximate surface area is 239 Å². The SMILES string of the molecule is COc1ccc(C(Nc2ncnn3c([C@H]4C[C@H](C)C(CO)(CO)O4)ccc23)(c2ccccc2)c2ccccc2)cc1. The molecule has 0 unspecified atom stereocenters. The topological polar surface area (TPSA) is 101 Å². The fourth-order valence-electron chi connectivity index (χ4n) is 6.01. The van der Waals surface area contributed by atoms with Crippen molar-refractivity contribution in [3.8, 4) is 5.75 Å². The molecule has 3 heterocycles. The lowest BCUT2D eigenvalue weighted by atomic mass is 9.77. The van der Waals surface area contributed by atoms with Crippen LogP contribution in [0.15, 0.2) is 103 Å². The summed E-state index contributed by atoms with van der Waals surface area (Å²) in [5, 5.41) is 28.4. The van der Waals surface area contributed by atoms with Gasteiger partial charge in [0.15, 0.2) is 5.82 Å². The Hall–Kier alpha value is -4.24. The molecule has 3 aromatic carbocycles. The minimum Gasteiger partial charge on any atom is -0.497 e. The van der Waals surface area contributed by atoms with Gasteiger partial charge in [-0.05, 0) is 53.3 Å². The molecule has 2 aromatic heterocycles. The zero-order valence-electron chi connectivity index (χ0n) is 23.1. The molecule has 5 aromatic rings. The van der Waals surface area contributed by atoms with Crippen LogP contribution in [0.5, 0.6) is 5.75 Å². The van der Waals surface area contributed by atoms with Crippen LogP contribution in [-0.2, 0) is 10.3 Å². The first-order valence-electron chi connectivity index (χ1n) is 13.8. The number of rotatable bonds is 9. The van der Waals surface area contributed by atoms with Gasteiger partial charge < -0.3 is 25.0 Å². The van der Waals surface area contributed by atoms with Crippen molar-refractivity contribution in [2.24, 2.45) is 5.92 Å². The second-order valence-electron chi connectivity index (χ2n) is 10.6. The van der Waals surface area contributed by atoms with E-state index in [0.717, 1.165) is 33.7 Å². The molecule has 0 radical (unpaired) electrons. The lowest BCUT2D eigenvalue weighted by molar-refractivity contribution is -0.117. The van der Waals surface area contributed by atoms with E-state index in [4.69, 9.17) is 14.5 Å². The van der Waals surface area contributed by atoms with Gasteiger partial charge in [-0.1, -0.05) is 79.7 Å². The van der Waals surface area contributed by atoms with E-state index in [9.17, 15) is 10.2 Å². The van der Waals surface area contributed by atoms with Crippen molar-refractivity contribution in [1.82, 2.24) is 14.6 Å². The van der Waals surface area contributed by atoms with Gasteiger partial charge in [-0.3, -0.25) is 0 Å². The van der Waals surface area contributed by atoms with Gasteiger partial charge in [0.25, 0.3) is 0 Å². The molecule has 8 heteroatoms. The summed E-state index contributed by atoms with van der Waals surface area (Å²) < 4.78 is 13.6. The monoisotopic (exact) mass is 550 g/mol. The highest BCUT2D eigenvalue weighted by molar-refractivity contribution is 5.72. The van der Waals surface area contributed by atoms with E-state index in [1.54, 1.807) is 7.11 Å². The van der Waals surface area contributed by atoms with E-state index in [0.29, 0.717) is 12.2 Å². The van der Waals surface area contributed by atoms with E-state index in [1.807, 2.05) is 72.1 Å². The molecule has 0 saturated carbocycles. The second kappa shape index (κ2) is 11.0. The molecule has 1 aliphatic rings. The number of ether oxygens (including phenoxy) is 2. The van der Waals surface area contributed by atoms with E-state index in [1.165, 1.54) is 6.33 Å². The van der Waals surface area contributed by atoms with Gasteiger partial charge >= 0.3 is 0 Å². The third kappa shape index (κ3) is 4.54. The number of hydrogen-bond acceptors (Lipinski definition) is 7. The summed E-state index contributed by atoms with van der Waals surface area (Å²) in [7, 11) is 1.66. The number of hydrogen-bond donors (Lipinski definition) is 3. The average Bonchev–Trinajstić information content (AvgIpc) is 3.62. The van der Waals surface area contributed by atoms with Gasteiger partial charge in [-0.2, -0.15) is 5.10 Å². The van der Waals surface area contributed by atoms with Crippen molar-refractivity contribution < 1.29 is 19.7 Å². The third-order valence-electron chi connectivity index (χ3n) is 8.43. The molecule has 1 fully saturated rings. The van der Waals surface area contributed by atoms with Crippen molar-refractivity contribution in [3.05, 3.63) is 126 Å². The number of benzene rings is 3. The lowest BCUT2D eigenvalue weighted by Gasteiger charge is -2.37. The van der Waals surface area contributed by atoms with Crippen LogP contribution < -0.4 is 10.1 Å². The molecule has 41 heavy (non-hydrogen) atoms. The van der Waals surface area contributed by atoms with E-state index in [2.05, 4.69) is 46.8 Å². The number of aromatic nitrogens is 3. The summed E-state index contributed by atoms with van der Waals surface area (Å²) >= 11 is 0. The average molecular weight is 551 g/mol. The molecular weight excluding hydrogens is 516 g/mol. The summed E-state index contributed by atoms with van der Waals surface area (Å²) in [6, 6.07) is 32.7. The van der Waals surface area contributed by atoms with Crippen LogP contribution in [0.4, 0.5) is 5.82 Å². The van der Waals surface area contributed by atoms with Gasteiger partial charge in [-0.25, -0.2) is 9.50 Å². The van der Waals surface area contributed by atoms with Crippen molar-refractivity contribution >= 4 is 11.3 Å². The molecule has 0 amide bonds. The van der Waals surface area contributed by atoms with Crippen molar-refractivity contribution in [2.75, 3.05) is 25.6 Å². The largest absolute Gasteiger partial charge is 0.497 e. The first-order chi connectivity index (χ1) is 20.0. The number of aliphatic hydroxyl groups is 2. The standard InChI is InChI=1S/C33H34N4O4/c1-23-19-30(41-32(23,20-38)21-39)28-17-18-29-31(34-22-35-37(28)29)36-33(24-9-5-3-6-10-24,25-11-7-4-8-12-25)26-13-15-27(40-2)16-14-26/h3-18,22-23,30,38-39H,19-21H2,1-2H3,(H,34,35,36)/t23-,30+/m0/s1. The molecule has 0 spiro atoms. The maximum atomic E-state index is 10.0. The fraction of sp³-hybridized carbons (Fsp3) is 0.273. The number of aliphatic hydroxyl groups excluding tert-OH is 2. The van der Waals surface area contributed by atoms with Gasteiger partial charge in [0, 0.05) is 0 Å². The summed E-state index contributed by atoms with van der Waals surface area (Å²) in [6.45, 7) is 1.50. The van der Waals surface area contributed by atoms with Crippen LogP contribution >= 0.6 is 0 Å². The van der Waals surface area contributed by atoms with Crippen LogP contribution in [0.2, 0.25) is 0 Å². The highest BCUT2D eigenvalue weighted by Crippen LogP contribution is 2.45. The highest BCUT2D eigenvalue weighted by atomic mass is 16.5. The minimum absolute atomic E-state index is 0.0219. The van der Waals surface area contributed by atoms with Crippen molar-refractivity contribution in [3.63, 3.8) is 0 Å². The molecule has 0 aliphatic carbocycles. The van der Waals surface area contributed by atoms with Crippen LogP contribution in [0.1, 0.15) is 41.8 Å². The number of anilines is 1. The minimum atomic E-state index is -0.979. The molecule has 3 N–H and O–H groups in total. The molecular formula is C33H34N4O4. The molecule has 0 bridgehead atoms.